The summed E-state index contributed by atoms with van der Waals surface area (Å²) in [6, 6.07) is 9.85. The number of nitrogens with one attached hydrogen (secondary N) is 1. The number of nitrogens with zero attached hydrogens (tertiary/aromatic N) is 3. The van der Waals surface area contributed by atoms with Crippen LogP contribution in [0.2, 0.25) is 0 Å². The molecular formula is C13H15N5. The molecule has 3 N–H and O–H groups in total. The lowest BCUT2D eigenvalue weighted by molar-refractivity contribution is 0.742. The number of nitrogen functional groups attached to an aromatic ring is 1. The van der Waals surface area contributed by atoms with E-state index in [9.17, 15) is 0 Å². The van der Waals surface area contributed by atoms with Gasteiger partial charge in [-0.3, -0.25) is 4.99 Å². The third-order valence-electron chi connectivity index (χ3n) is 2.96. The van der Waals surface area contributed by atoms with Gasteiger partial charge in [-0.2, -0.15) is 5.10 Å². The average molecular weight is 241 g/mol. The highest BCUT2D eigenvalue weighted by atomic mass is 15.3. The van der Waals surface area contributed by atoms with Gasteiger partial charge in [0.05, 0.1) is 17.4 Å². The lowest BCUT2D eigenvalue weighted by Crippen LogP contribution is -2.30. The van der Waals surface area contributed by atoms with Crippen LogP contribution < -0.4 is 11.1 Å². The summed E-state index contributed by atoms with van der Waals surface area (Å²) in [6.07, 6.45) is 2.83. The van der Waals surface area contributed by atoms with Crippen LogP contribution in [0.3, 0.4) is 0 Å². The fourth-order valence-corrected chi connectivity index (χ4v) is 2.03. The minimum atomic E-state index is 0.620. The second-order valence-electron chi connectivity index (χ2n) is 4.20. The summed E-state index contributed by atoms with van der Waals surface area (Å²) >= 11 is 0. The predicted molar refractivity (Wildman–Crippen MR) is 72.0 cm³/mol. The van der Waals surface area contributed by atoms with E-state index in [2.05, 4.69) is 15.4 Å². The van der Waals surface area contributed by atoms with Crippen LogP contribution in [-0.2, 0) is 0 Å². The highest BCUT2D eigenvalue weighted by Gasteiger charge is 2.15. The first kappa shape index (κ1) is 10.8. The Bertz CT molecular complexity index is 570. The normalized spacial score (nSPS) is 15.0. The van der Waals surface area contributed by atoms with E-state index in [0.29, 0.717) is 5.82 Å². The van der Waals surface area contributed by atoms with E-state index in [1.165, 1.54) is 0 Å². The molecule has 0 saturated heterocycles. The molecule has 0 atom stereocenters. The van der Waals surface area contributed by atoms with Crippen molar-refractivity contribution in [2.75, 3.05) is 18.8 Å². The molecule has 0 unspecified atom stereocenters. The fourth-order valence-electron chi connectivity index (χ4n) is 2.03. The van der Waals surface area contributed by atoms with E-state index in [-0.39, 0.29) is 0 Å². The Hall–Kier alpha value is -2.30. The van der Waals surface area contributed by atoms with Gasteiger partial charge in [0.1, 0.15) is 11.7 Å². The highest BCUT2D eigenvalue weighted by molar-refractivity contribution is 6.02. The number of aliphatic imine (C=N–C) groups is 1. The Morgan fingerprint density at radius 3 is 2.78 bits per heavy atom. The van der Waals surface area contributed by atoms with Crippen molar-refractivity contribution in [3.8, 4) is 5.69 Å². The number of benzene rings is 1. The number of nitrogens with two attached hydrogens (primary N) is 1. The van der Waals surface area contributed by atoms with Crippen LogP contribution in [0, 0.1) is 0 Å². The van der Waals surface area contributed by atoms with Crippen molar-refractivity contribution in [3.63, 3.8) is 0 Å². The zero-order chi connectivity index (χ0) is 12.4. The molecule has 5 nitrogen and oxygen atoms in total. The van der Waals surface area contributed by atoms with Gasteiger partial charge in [0.25, 0.3) is 0 Å². The summed E-state index contributed by atoms with van der Waals surface area (Å²) < 4.78 is 1.73. The Morgan fingerprint density at radius 1 is 1.22 bits per heavy atom. The minimum absolute atomic E-state index is 0.620. The van der Waals surface area contributed by atoms with E-state index in [1.807, 2.05) is 30.3 Å². The summed E-state index contributed by atoms with van der Waals surface area (Å²) in [5, 5.41) is 7.59. The van der Waals surface area contributed by atoms with Crippen molar-refractivity contribution in [2.24, 2.45) is 4.99 Å². The summed E-state index contributed by atoms with van der Waals surface area (Å²) in [4.78, 5) is 4.44. The smallest absolute Gasteiger partial charge is 0.138 e. The molecule has 5 heteroatoms. The lowest BCUT2D eigenvalue weighted by atomic mass is 10.2. The maximum Gasteiger partial charge on any atom is 0.138 e. The summed E-state index contributed by atoms with van der Waals surface area (Å²) in [5.41, 5.74) is 7.98. The first-order chi connectivity index (χ1) is 8.86. The zero-order valence-corrected chi connectivity index (χ0v) is 10.0. The van der Waals surface area contributed by atoms with Gasteiger partial charge in [-0.1, -0.05) is 18.2 Å². The van der Waals surface area contributed by atoms with Gasteiger partial charge in [0, 0.05) is 13.1 Å². The number of para-hydroxylation sites is 1. The summed E-state index contributed by atoms with van der Waals surface area (Å²) in [7, 11) is 0. The number of anilines is 1. The third-order valence-corrected chi connectivity index (χ3v) is 2.96. The van der Waals surface area contributed by atoms with Gasteiger partial charge in [0.2, 0.25) is 0 Å². The third kappa shape index (κ3) is 1.84. The van der Waals surface area contributed by atoms with Crippen LogP contribution in [-0.4, -0.2) is 28.7 Å². The number of hydrogen-bond donors (Lipinski definition) is 2. The van der Waals surface area contributed by atoms with Crippen molar-refractivity contribution >= 4 is 11.7 Å². The SMILES string of the molecule is Nc1c(C2=NCCCN2)cnn1-c1ccccc1. The van der Waals surface area contributed by atoms with Gasteiger partial charge in [-0.15, -0.1) is 0 Å². The number of amidine groups is 1. The van der Waals surface area contributed by atoms with Crippen LogP contribution in [0.1, 0.15) is 12.0 Å². The topological polar surface area (TPSA) is 68.2 Å². The van der Waals surface area contributed by atoms with Gasteiger partial charge >= 0.3 is 0 Å². The standard InChI is InChI=1S/C13H15N5/c14-12-11(13-15-7-4-8-16-13)9-17-18(12)10-5-2-1-3-6-10/h1-3,5-6,9H,4,7-8,14H2,(H,15,16). The molecule has 0 bridgehead atoms. The fraction of sp³-hybridized carbons (Fsp3) is 0.231. The van der Waals surface area contributed by atoms with Crippen molar-refractivity contribution in [1.29, 1.82) is 0 Å². The van der Waals surface area contributed by atoms with E-state index >= 15 is 0 Å². The molecule has 3 rings (SSSR count). The monoisotopic (exact) mass is 241 g/mol. The predicted octanol–water partition coefficient (Wildman–Crippen LogP) is 1.19. The molecule has 18 heavy (non-hydrogen) atoms. The molecule has 0 fully saturated rings. The molecule has 2 aromatic rings. The average Bonchev–Trinajstić information content (AvgIpc) is 2.83. The molecule has 0 aliphatic carbocycles. The van der Waals surface area contributed by atoms with Crippen molar-refractivity contribution < 1.29 is 0 Å². The molecule has 0 radical (unpaired) electrons. The first-order valence-corrected chi connectivity index (χ1v) is 6.04. The van der Waals surface area contributed by atoms with E-state index < -0.39 is 0 Å². The van der Waals surface area contributed by atoms with Crippen LogP contribution in [0.15, 0.2) is 41.5 Å². The van der Waals surface area contributed by atoms with Crippen LogP contribution in [0.4, 0.5) is 5.82 Å². The van der Waals surface area contributed by atoms with E-state index in [1.54, 1.807) is 10.9 Å². The summed E-state index contributed by atoms with van der Waals surface area (Å²) in [5.74, 6) is 1.47. The Morgan fingerprint density at radius 2 is 2.06 bits per heavy atom. The van der Waals surface area contributed by atoms with Gasteiger partial charge < -0.3 is 11.1 Å². The molecule has 1 aromatic carbocycles. The zero-order valence-electron chi connectivity index (χ0n) is 10.0. The lowest BCUT2D eigenvalue weighted by Gasteiger charge is -2.14. The molecule has 92 valence electrons. The molecule has 2 heterocycles. The largest absolute Gasteiger partial charge is 0.383 e. The van der Waals surface area contributed by atoms with Crippen molar-refractivity contribution in [2.45, 2.75) is 6.42 Å². The second-order valence-corrected chi connectivity index (χ2v) is 4.20. The molecule has 1 aliphatic heterocycles. The molecule has 0 saturated carbocycles. The highest BCUT2D eigenvalue weighted by Crippen LogP contribution is 2.17. The van der Waals surface area contributed by atoms with Crippen LogP contribution >= 0.6 is 0 Å². The molecule has 0 amide bonds. The van der Waals surface area contributed by atoms with Crippen LogP contribution in [0.25, 0.3) is 5.69 Å². The van der Waals surface area contributed by atoms with E-state index in [4.69, 9.17) is 5.73 Å². The molecule has 1 aromatic heterocycles. The number of rotatable bonds is 2. The Labute approximate surface area is 105 Å². The molecular weight excluding hydrogens is 226 g/mol. The maximum atomic E-state index is 6.15. The number of aromatic nitrogens is 2. The van der Waals surface area contributed by atoms with Crippen molar-refractivity contribution in [1.82, 2.24) is 15.1 Å². The summed E-state index contributed by atoms with van der Waals surface area (Å²) in [6.45, 7) is 1.78. The van der Waals surface area contributed by atoms with Crippen LogP contribution in [0.5, 0.6) is 0 Å². The second kappa shape index (κ2) is 4.52. The maximum absolute atomic E-state index is 6.15. The first-order valence-electron chi connectivity index (χ1n) is 6.04. The Kier molecular flexibility index (Phi) is 2.72. The van der Waals surface area contributed by atoms with E-state index in [0.717, 1.165) is 36.6 Å². The number of hydrogen-bond acceptors (Lipinski definition) is 4. The van der Waals surface area contributed by atoms with Gasteiger partial charge in [0.15, 0.2) is 0 Å². The minimum Gasteiger partial charge on any atom is -0.383 e. The van der Waals surface area contributed by atoms with Crippen molar-refractivity contribution in [3.05, 3.63) is 42.1 Å². The molecule has 0 spiro atoms. The molecule has 1 aliphatic rings. The van der Waals surface area contributed by atoms with Gasteiger partial charge in [-0.25, -0.2) is 4.68 Å². The Balaban J connectivity index is 2.00. The quantitative estimate of drug-likeness (QED) is 0.830. The van der Waals surface area contributed by atoms with Gasteiger partial charge in [-0.05, 0) is 18.6 Å².